The number of hydrogen-bond acceptors (Lipinski definition) is 5. The summed E-state index contributed by atoms with van der Waals surface area (Å²) in [4.78, 5) is 25.7. The normalized spacial score (nSPS) is 19.8. The summed E-state index contributed by atoms with van der Waals surface area (Å²) in [6.45, 7) is 3.69. The molecule has 0 radical (unpaired) electrons. The van der Waals surface area contributed by atoms with Crippen molar-refractivity contribution in [2.24, 2.45) is 0 Å². The van der Waals surface area contributed by atoms with Crippen LogP contribution in [0.25, 0.3) is 10.9 Å². The minimum absolute atomic E-state index is 0. The molecule has 0 amide bonds. The Morgan fingerprint density at radius 3 is 2.67 bits per heavy atom. The van der Waals surface area contributed by atoms with Gasteiger partial charge in [0.1, 0.15) is 11.3 Å². The van der Waals surface area contributed by atoms with Crippen LogP contribution in [0.4, 0.5) is 10.1 Å². The molecule has 2 fully saturated rings. The lowest BCUT2D eigenvalue weighted by atomic mass is 10.1. The number of pyridine rings is 1. The van der Waals surface area contributed by atoms with Crippen molar-refractivity contribution in [3.63, 3.8) is 0 Å². The highest BCUT2D eigenvalue weighted by molar-refractivity contribution is 5.96. The third-order valence-electron chi connectivity index (χ3n) is 5.07. The molecule has 1 aromatic carbocycles. The topological polar surface area (TPSA) is 94.8 Å². The first kappa shape index (κ1) is 19.4. The molecule has 1 unspecified atom stereocenters. The predicted octanol–water partition coefficient (Wildman–Crippen LogP) is 2.10. The number of aromatic hydroxyl groups is 1. The number of phenols is 1. The molecule has 0 spiro atoms. The molecule has 1 aliphatic carbocycles. The number of halogens is 2. The molecule has 1 saturated heterocycles. The molecule has 1 aliphatic heterocycles. The van der Waals surface area contributed by atoms with Gasteiger partial charge < -0.3 is 25.0 Å². The fraction of sp³-hybridized carbons (Fsp3) is 0.444. The lowest BCUT2D eigenvalue weighted by molar-refractivity contribution is 0.0694. The zero-order chi connectivity index (χ0) is 18.6. The quantitative estimate of drug-likeness (QED) is 0.734. The van der Waals surface area contributed by atoms with Crippen LogP contribution < -0.4 is 15.6 Å². The van der Waals surface area contributed by atoms with Gasteiger partial charge in [-0.05, 0) is 25.8 Å². The van der Waals surface area contributed by atoms with E-state index in [0.29, 0.717) is 19.6 Å². The molecule has 146 valence electrons. The number of fused-ring (bicyclic) bond motifs is 1. The van der Waals surface area contributed by atoms with Crippen molar-refractivity contribution >= 4 is 35.0 Å². The second-order valence-corrected chi connectivity index (χ2v) is 7.07. The molecule has 2 aromatic rings. The van der Waals surface area contributed by atoms with Gasteiger partial charge in [-0.2, -0.15) is 0 Å². The lowest BCUT2D eigenvalue weighted by Crippen LogP contribution is -2.49. The zero-order valence-corrected chi connectivity index (χ0v) is 15.6. The molecular formula is C18H21ClFN3O4. The van der Waals surface area contributed by atoms with Gasteiger partial charge in [-0.1, -0.05) is 0 Å². The molecule has 3 N–H and O–H groups in total. The average Bonchev–Trinajstić information content (AvgIpc) is 3.40. The molecule has 2 aliphatic rings. The van der Waals surface area contributed by atoms with Crippen molar-refractivity contribution in [2.45, 2.75) is 31.8 Å². The number of carboxylic acid groups (broad SMARTS) is 1. The van der Waals surface area contributed by atoms with E-state index in [1.54, 1.807) is 9.47 Å². The average molecular weight is 398 g/mol. The highest BCUT2D eigenvalue weighted by Gasteiger charge is 2.31. The molecule has 1 atom stereocenters. The van der Waals surface area contributed by atoms with Gasteiger partial charge in [0.15, 0.2) is 11.6 Å². The van der Waals surface area contributed by atoms with Crippen molar-refractivity contribution in [3.8, 4) is 5.75 Å². The summed E-state index contributed by atoms with van der Waals surface area (Å²) >= 11 is 0. The molecule has 7 nitrogen and oxygen atoms in total. The molecule has 9 heteroatoms. The maximum atomic E-state index is 14.8. The maximum absolute atomic E-state index is 14.8. The Morgan fingerprint density at radius 1 is 1.37 bits per heavy atom. The monoisotopic (exact) mass is 397 g/mol. The molecule has 27 heavy (non-hydrogen) atoms. The van der Waals surface area contributed by atoms with Gasteiger partial charge in [-0.15, -0.1) is 12.4 Å². The lowest BCUT2D eigenvalue weighted by Gasteiger charge is -2.34. The van der Waals surface area contributed by atoms with Gasteiger partial charge in [0.2, 0.25) is 5.43 Å². The van der Waals surface area contributed by atoms with Gasteiger partial charge in [-0.25, -0.2) is 9.18 Å². The van der Waals surface area contributed by atoms with Crippen molar-refractivity contribution in [1.82, 2.24) is 9.88 Å². The van der Waals surface area contributed by atoms with E-state index in [0.717, 1.165) is 18.9 Å². The second-order valence-electron chi connectivity index (χ2n) is 7.07. The minimum Gasteiger partial charge on any atom is -0.504 e. The third kappa shape index (κ3) is 3.23. The number of nitrogens with one attached hydrogen (secondary N) is 1. The van der Waals surface area contributed by atoms with Gasteiger partial charge in [0.05, 0.1) is 10.9 Å². The highest BCUT2D eigenvalue weighted by Crippen LogP contribution is 2.43. The Bertz CT molecular complexity index is 973. The van der Waals surface area contributed by atoms with Crippen molar-refractivity contribution in [3.05, 3.63) is 33.9 Å². The third-order valence-corrected chi connectivity index (χ3v) is 5.07. The largest absolute Gasteiger partial charge is 0.504 e. The number of piperazine rings is 1. The number of aromatic nitrogens is 1. The fourth-order valence-electron chi connectivity index (χ4n) is 3.69. The first-order chi connectivity index (χ1) is 12.4. The van der Waals surface area contributed by atoms with Crippen LogP contribution in [0, 0.1) is 5.82 Å². The zero-order valence-electron chi connectivity index (χ0n) is 14.7. The van der Waals surface area contributed by atoms with Crippen LogP contribution in [0.1, 0.15) is 36.2 Å². The summed E-state index contributed by atoms with van der Waals surface area (Å²) in [6.07, 6.45) is 2.92. The first-order valence-corrected chi connectivity index (χ1v) is 8.70. The number of rotatable bonds is 3. The van der Waals surface area contributed by atoms with Crippen LogP contribution in [0.3, 0.4) is 0 Å². The van der Waals surface area contributed by atoms with Crippen molar-refractivity contribution in [1.29, 1.82) is 0 Å². The summed E-state index contributed by atoms with van der Waals surface area (Å²) in [7, 11) is 0. The standard InChI is InChI=1S/C18H20FN3O4.ClH/c1-9-7-21(5-4-20-9)15-13(19)6-11-14(17(15)24)22(10-2-3-10)8-12(16(11)23)18(25)26;/h6,8-10,20,24H,2-5,7H2,1H3,(H,25,26);1H. The van der Waals surface area contributed by atoms with E-state index in [2.05, 4.69) is 5.32 Å². The summed E-state index contributed by atoms with van der Waals surface area (Å²) in [5.74, 6) is -2.37. The van der Waals surface area contributed by atoms with E-state index >= 15 is 0 Å². The summed E-state index contributed by atoms with van der Waals surface area (Å²) in [5.41, 5.74) is -0.904. The fourth-order valence-corrected chi connectivity index (χ4v) is 3.69. The summed E-state index contributed by atoms with van der Waals surface area (Å²) in [6, 6.07) is 1.21. The number of phenolic OH excluding ortho intramolecular Hbond substituents is 1. The smallest absolute Gasteiger partial charge is 0.341 e. The highest BCUT2D eigenvalue weighted by atomic mass is 35.5. The number of benzene rings is 1. The van der Waals surface area contributed by atoms with Crippen molar-refractivity contribution < 1.29 is 19.4 Å². The SMILES string of the molecule is CC1CN(c2c(F)cc3c(=O)c(C(=O)O)cn(C4CC4)c3c2O)CCN1.Cl. The van der Waals surface area contributed by atoms with Gasteiger partial charge in [0, 0.05) is 37.9 Å². The van der Waals surface area contributed by atoms with Crippen LogP contribution in [0.15, 0.2) is 17.1 Å². The predicted molar refractivity (Wildman–Crippen MR) is 102 cm³/mol. The van der Waals surface area contributed by atoms with E-state index in [1.165, 1.54) is 6.20 Å². The Balaban J connectivity index is 0.00000210. The Morgan fingerprint density at radius 2 is 2.07 bits per heavy atom. The van der Waals surface area contributed by atoms with E-state index in [9.17, 15) is 24.2 Å². The Hall–Kier alpha value is -2.32. The number of carbonyl (C=O) groups is 1. The van der Waals surface area contributed by atoms with Crippen LogP contribution in [0.5, 0.6) is 5.75 Å². The number of nitrogens with zero attached hydrogens (tertiary/aromatic N) is 2. The molecule has 1 saturated carbocycles. The molecular weight excluding hydrogens is 377 g/mol. The van der Waals surface area contributed by atoms with E-state index in [-0.39, 0.29) is 46.8 Å². The Labute approximate surface area is 160 Å². The number of carboxylic acids is 1. The van der Waals surface area contributed by atoms with Crippen LogP contribution in [0.2, 0.25) is 0 Å². The summed E-state index contributed by atoms with van der Waals surface area (Å²) in [5, 5.41) is 23.3. The van der Waals surface area contributed by atoms with Crippen LogP contribution in [-0.2, 0) is 0 Å². The number of aromatic carboxylic acids is 1. The molecule has 0 bridgehead atoms. The van der Waals surface area contributed by atoms with Crippen LogP contribution >= 0.6 is 12.4 Å². The molecule has 4 rings (SSSR count). The second kappa shape index (κ2) is 7.01. The number of anilines is 1. The van der Waals surface area contributed by atoms with E-state index < -0.39 is 22.8 Å². The molecule has 1 aromatic heterocycles. The van der Waals surface area contributed by atoms with Gasteiger partial charge in [-0.3, -0.25) is 4.79 Å². The first-order valence-electron chi connectivity index (χ1n) is 8.70. The van der Waals surface area contributed by atoms with E-state index in [1.807, 2.05) is 6.92 Å². The summed E-state index contributed by atoms with van der Waals surface area (Å²) < 4.78 is 16.5. The molecule has 2 heterocycles. The maximum Gasteiger partial charge on any atom is 0.341 e. The van der Waals surface area contributed by atoms with Gasteiger partial charge in [0.25, 0.3) is 0 Å². The van der Waals surface area contributed by atoms with Crippen LogP contribution in [-0.4, -0.2) is 46.4 Å². The van der Waals surface area contributed by atoms with Gasteiger partial charge >= 0.3 is 5.97 Å². The van der Waals surface area contributed by atoms with E-state index in [4.69, 9.17) is 0 Å². The minimum atomic E-state index is -1.36. The Kier molecular flexibility index (Phi) is 5.05. The number of hydrogen-bond donors (Lipinski definition) is 3. The van der Waals surface area contributed by atoms with Crippen molar-refractivity contribution in [2.75, 3.05) is 24.5 Å².